The molecule has 2 N–H and O–H groups in total. The molecule has 0 spiro atoms. The van der Waals surface area contributed by atoms with E-state index < -0.39 is 30.3 Å². The van der Waals surface area contributed by atoms with Crippen LogP contribution in [0.2, 0.25) is 0 Å². The van der Waals surface area contributed by atoms with Crippen LogP contribution >= 0.6 is 0 Å². The molecule has 120 valence electrons. The highest BCUT2D eigenvalue weighted by molar-refractivity contribution is 5.95. The van der Waals surface area contributed by atoms with E-state index in [0.717, 1.165) is 6.42 Å². The van der Waals surface area contributed by atoms with Gasteiger partial charge in [-0.15, -0.1) is 0 Å². The maximum absolute atomic E-state index is 12.9. The minimum atomic E-state index is -0.728. The molecule has 0 aliphatic heterocycles. The van der Waals surface area contributed by atoms with Gasteiger partial charge < -0.3 is 10.1 Å². The number of hydrogen-bond donors (Lipinski definition) is 2. The van der Waals surface area contributed by atoms with E-state index >= 15 is 0 Å². The van der Waals surface area contributed by atoms with Gasteiger partial charge in [-0.05, 0) is 31.0 Å². The Morgan fingerprint density at radius 1 is 1.32 bits per heavy atom. The van der Waals surface area contributed by atoms with Crippen molar-refractivity contribution in [3.63, 3.8) is 0 Å². The maximum atomic E-state index is 12.9. The number of nitrogens with one attached hydrogen (secondary N) is 2. The van der Waals surface area contributed by atoms with Gasteiger partial charge in [0.25, 0.3) is 5.91 Å². The van der Waals surface area contributed by atoms with Crippen molar-refractivity contribution < 1.29 is 23.5 Å². The Hall–Kier alpha value is -2.44. The van der Waals surface area contributed by atoms with E-state index in [4.69, 9.17) is 4.74 Å². The van der Waals surface area contributed by atoms with Gasteiger partial charge in [0.05, 0.1) is 6.42 Å². The van der Waals surface area contributed by atoms with Crippen LogP contribution in [0.5, 0.6) is 0 Å². The fraction of sp³-hybridized carbons (Fsp3) is 0.400. The number of carbonyl (C=O) groups excluding carboxylic acids is 3. The van der Waals surface area contributed by atoms with Gasteiger partial charge in [0.2, 0.25) is 0 Å². The fourth-order valence-electron chi connectivity index (χ4n) is 1.54. The van der Waals surface area contributed by atoms with Crippen LogP contribution in [-0.4, -0.2) is 30.6 Å². The second-order valence-electron chi connectivity index (χ2n) is 4.80. The number of urea groups is 1. The number of benzene rings is 1. The maximum Gasteiger partial charge on any atom is 0.321 e. The lowest BCUT2D eigenvalue weighted by atomic mass is 10.1. The number of esters is 1. The molecule has 0 heterocycles. The van der Waals surface area contributed by atoms with Gasteiger partial charge in [0.1, 0.15) is 5.82 Å². The summed E-state index contributed by atoms with van der Waals surface area (Å²) in [6, 6.07) is 4.82. The largest absolute Gasteiger partial charge is 0.455 e. The standard InChI is InChI=1S/C15H19FN2O4/c1-3-10(2)17-15(21)18-13(19)9-22-14(20)8-11-5-4-6-12(16)7-11/h4-7,10H,3,8-9H2,1-2H3,(H2,17,18,19,21)/t10-/m1/s1. The van der Waals surface area contributed by atoms with E-state index in [2.05, 4.69) is 5.32 Å². The number of hydrogen-bond acceptors (Lipinski definition) is 4. The van der Waals surface area contributed by atoms with E-state index in [9.17, 15) is 18.8 Å². The Labute approximate surface area is 128 Å². The molecule has 0 fully saturated rings. The molecule has 6 nitrogen and oxygen atoms in total. The highest BCUT2D eigenvalue weighted by Gasteiger charge is 2.12. The second kappa shape index (κ2) is 8.76. The number of carbonyl (C=O) groups is 3. The van der Waals surface area contributed by atoms with Gasteiger partial charge in [-0.1, -0.05) is 19.1 Å². The molecule has 0 bridgehead atoms. The van der Waals surface area contributed by atoms with Crippen molar-refractivity contribution in [2.75, 3.05) is 6.61 Å². The van der Waals surface area contributed by atoms with Crippen molar-refractivity contribution in [2.24, 2.45) is 0 Å². The van der Waals surface area contributed by atoms with Crippen molar-refractivity contribution in [2.45, 2.75) is 32.7 Å². The Kier molecular flexibility index (Phi) is 7.01. The molecule has 0 aromatic heterocycles. The van der Waals surface area contributed by atoms with Crippen LogP contribution < -0.4 is 10.6 Å². The van der Waals surface area contributed by atoms with Gasteiger partial charge in [-0.3, -0.25) is 14.9 Å². The Morgan fingerprint density at radius 3 is 2.68 bits per heavy atom. The lowest BCUT2D eigenvalue weighted by molar-refractivity contribution is -0.147. The molecule has 7 heteroatoms. The third-order valence-electron chi connectivity index (χ3n) is 2.84. The zero-order valence-corrected chi connectivity index (χ0v) is 12.5. The third kappa shape index (κ3) is 6.83. The first-order valence-electron chi connectivity index (χ1n) is 6.91. The molecule has 1 rings (SSSR count). The van der Waals surface area contributed by atoms with Crippen molar-refractivity contribution in [3.05, 3.63) is 35.6 Å². The van der Waals surface area contributed by atoms with Crippen LogP contribution in [0.4, 0.5) is 9.18 Å². The highest BCUT2D eigenvalue weighted by atomic mass is 19.1. The molecule has 1 aromatic carbocycles. The number of ether oxygens (including phenoxy) is 1. The number of rotatable bonds is 6. The fourth-order valence-corrected chi connectivity index (χ4v) is 1.54. The minimum Gasteiger partial charge on any atom is -0.455 e. The monoisotopic (exact) mass is 310 g/mol. The third-order valence-corrected chi connectivity index (χ3v) is 2.84. The summed E-state index contributed by atoms with van der Waals surface area (Å²) in [6.07, 6.45) is 0.578. The molecule has 1 aromatic rings. The minimum absolute atomic E-state index is 0.0664. The predicted octanol–water partition coefficient (Wildman–Crippen LogP) is 1.54. The molecule has 0 aliphatic carbocycles. The van der Waals surface area contributed by atoms with Gasteiger partial charge in [0, 0.05) is 6.04 Å². The first kappa shape index (κ1) is 17.6. The Bertz CT molecular complexity index is 548. The van der Waals surface area contributed by atoms with E-state index in [1.165, 1.54) is 18.2 Å². The SMILES string of the molecule is CC[C@@H](C)NC(=O)NC(=O)COC(=O)Cc1cccc(F)c1. The topological polar surface area (TPSA) is 84.5 Å². The van der Waals surface area contributed by atoms with Crippen molar-refractivity contribution in [1.82, 2.24) is 10.6 Å². The van der Waals surface area contributed by atoms with Crippen molar-refractivity contribution in [3.8, 4) is 0 Å². The smallest absolute Gasteiger partial charge is 0.321 e. The molecular formula is C15H19FN2O4. The summed E-state index contributed by atoms with van der Waals surface area (Å²) in [6.45, 7) is 3.12. The van der Waals surface area contributed by atoms with Crippen molar-refractivity contribution >= 4 is 17.9 Å². The first-order valence-corrected chi connectivity index (χ1v) is 6.91. The molecule has 0 radical (unpaired) electrons. The first-order chi connectivity index (χ1) is 10.4. The molecule has 0 saturated heterocycles. The second-order valence-corrected chi connectivity index (χ2v) is 4.80. The van der Waals surface area contributed by atoms with Gasteiger partial charge in [0.15, 0.2) is 6.61 Å². The normalized spacial score (nSPS) is 11.4. The zero-order chi connectivity index (χ0) is 16.5. The van der Waals surface area contributed by atoms with Crippen LogP contribution in [-0.2, 0) is 20.7 Å². The Balaban J connectivity index is 2.31. The van der Waals surface area contributed by atoms with E-state index in [0.29, 0.717) is 5.56 Å². The Morgan fingerprint density at radius 2 is 2.05 bits per heavy atom. The van der Waals surface area contributed by atoms with Crippen LogP contribution in [0.25, 0.3) is 0 Å². The van der Waals surface area contributed by atoms with Crippen LogP contribution in [0.15, 0.2) is 24.3 Å². The van der Waals surface area contributed by atoms with Crippen LogP contribution in [0.1, 0.15) is 25.8 Å². The molecule has 3 amide bonds. The lowest BCUT2D eigenvalue weighted by Crippen LogP contribution is -2.44. The molecule has 0 unspecified atom stereocenters. The average Bonchev–Trinajstić information content (AvgIpc) is 2.44. The van der Waals surface area contributed by atoms with Crippen molar-refractivity contribution in [1.29, 1.82) is 0 Å². The molecular weight excluding hydrogens is 291 g/mol. The number of halogens is 1. The van der Waals surface area contributed by atoms with Crippen LogP contribution in [0.3, 0.4) is 0 Å². The predicted molar refractivity (Wildman–Crippen MR) is 77.5 cm³/mol. The summed E-state index contributed by atoms with van der Waals surface area (Å²) in [5, 5.41) is 4.59. The quantitative estimate of drug-likeness (QED) is 0.781. The summed E-state index contributed by atoms with van der Waals surface area (Å²) >= 11 is 0. The van der Waals surface area contributed by atoms with Gasteiger partial charge >= 0.3 is 12.0 Å². The average molecular weight is 310 g/mol. The van der Waals surface area contributed by atoms with Gasteiger partial charge in [-0.25, -0.2) is 9.18 Å². The van der Waals surface area contributed by atoms with Gasteiger partial charge in [-0.2, -0.15) is 0 Å². The molecule has 0 saturated carbocycles. The van der Waals surface area contributed by atoms with E-state index in [-0.39, 0.29) is 12.5 Å². The zero-order valence-electron chi connectivity index (χ0n) is 12.5. The van der Waals surface area contributed by atoms with Crippen LogP contribution in [0, 0.1) is 5.82 Å². The number of imide groups is 1. The summed E-state index contributed by atoms with van der Waals surface area (Å²) < 4.78 is 17.7. The molecule has 1 atom stereocenters. The molecule has 22 heavy (non-hydrogen) atoms. The summed E-state index contributed by atoms with van der Waals surface area (Å²) in [7, 11) is 0. The van der Waals surface area contributed by atoms with E-state index in [1.807, 2.05) is 12.2 Å². The highest BCUT2D eigenvalue weighted by Crippen LogP contribution is 2.04. The summed E-state index contributed by atoms with van der Waals surface area (Å²) in [5.41, 5.74) is 0.444. The summed E-state index contributed by atoms with van der Waals surface area (Å²) in [5.74, 6) is -1.86. The summed E-state index contributed by atoms with van der Waals surface area (Å²) in [4.78, 5) is 34.3. The van der Waals surface area contributed by atoms with E-state index in [1.54, 1.807) is 13.0 Å². The lowest BCUT2D eigenvalue weighted by Gasteiger charge is -2.11. The number of amides is 3. The molecule has 0 aliphatic rings.